The Bertz CT molecular complexity index is 1430. The van der Waals surface area contributed by atoms with Gasteiger partial charge in [0.25, 0.3) is 5.91 Å². The van der Waals surface area contributed by atoms with Crippen LogP contribution in [0.2, 0.25) is 0 Å². The molecule has 246 valence electrons. The van der Waals surface area contributed by atoms with E-state index in [1.165, 1.54) is 16.9 Å². The molecule has 3 N–H and O–H groups in total. The Labute approximate surface area is 276 Å². The van der Waals surface area contributed by atoms with Crippen molar-refractivity contribution in [1.82, 2.24) is 25.8 Å². The number of amides is 3. The van der Waals surface area contributed by atoms with Crippen LogP contribution in [0.5, 0.6) is 0 Å². The molecule has 2 aliphatic heterocycles. The van der Waals surface area contributed by atoms with Gasteiger partial charge in [0, 0.05) is 70.1 Å². The summed E-state index contributed by atoms with van der Waals surface area (Å²) in [6, 6.07) is 20.3. The average molecular weight is 646 g/mol. The van der Waals surface area contributed by atoms with Gasteiger partial charge in [0.15, 0.2) is 0 Å². The molecule has 10 heteroatoms. The summed E-state index contributed by atoms with van der Waals surface area (Å²) in [5.74, 6) is 0.223. The van der Waals surface area contributed by atoms with Crippen LogP contribution in [0.4, 0.5) is 0 Å². The zero-order valence-corrected chi connectivity index (χ0v) is 27.5. The van der Waals surface area contributed by atoms with Crippen molar-refractivity contribution >= 4 is 39.1 Å². The molecule has 1 unspecified atom stereocenters. The second-order valence-corrected chi connectivity index (χ2v) is 14.1. The quantitative estimate of drug-likeness (QED) is 0.271. The second-order valence-electron chi connectivity index (χ2n) is 13.0. The summed E-state index contributed by atoms with van der Waals surface area (Å²) in [6.07, 6.45) is 5.46. The SMILES string of the molecule is O=C(CCNC(=O)C1(NC(=O)c2cc3ccccc3s2)CCCC1)NCC(c1ccccc1)N1CCN(CC2CCOCC2)CC1. The molecule has 6 rings (SSSR count). The van der Waals surface area contributed by atoms with Crippen LogP contribution in [0.15, 0.2) is 60.7 Å². The molecule has 0 bridgehead atoms. The number of hydrogen-bond acceptors (Lipinski definition) is 7. The zero-order valence-electron chi connectivity index (χ0n) is 26.7. The zero-order chi connectivity index (χ0) is 31.8. The van der Waals surface area contributed by atoms with Gasteiger partial charge in [0.1, 0.15) is 5.54 Å². The van der Waals surface area contributed by atoms with E-state index in [1.54, 1.807) is 0 Å². The number of benzene rings is 2. The van der Waals surface area contributed by atoms with E-state index >= 15 is 0 Å². The Morgan fingerprint density at radius 3 is 2.37 bits per heavy atom. The summed E-state index contributed by atoms with van der Waals surface area (Å²) >= 11 is 1.44. The summed E-state index contributed by atoms with van der Waals surface area (Å²) in [7, 11) is 0. The number of nitrogens with one attached hydrogen (secondary N) is 3. The van der Waals surface area contributed by atoms with Crippen molar-refractivity contribution in [3.63, 3.8) is 0 Å². The third kappa shape index (κ3) is 8.15. The fourth-order valence-electron chi connectivity index (χ4n) is 7.20. The van der Waals surface area contributed by atoms with E-state index in [9.17, 15) is 14.4 Å². The smallest absolute Gasteiger partial charge is 0.262 e. The number of carbonyl (C=O) groups is 3. The van der Waals surface area contributed by atoms with Gasteiger partial charge in [-0.1, -0.05) is 61.4 Å². The lowest BCUT2D eigenvalue weighted by atomic mass is 9.96. The number of carbonyl (C=O) groups excluding carboxylic acids is 3. The number of rotatable bonds is 12. The second kappa shape index (κ2) is 15.5. The van der Waals surface area contributed by atoms with Crippen molar-refractivity contribution in [3.05, 3.63) is 71.1 Å². The molecule has 2 aromatic carbocycles. The number of piperazine rings is 1. The Kier molecular flexibility index (Phi) is 11.0. The van der Waals surface area contributed by atoms with Crippen molar-refractivity contribution in [1.29, 1.82) is 0 Å². The summed E-state index contributed by atoms with van der Waals surface area (Å²) < 4.78 is 6.58. The van der Waals surface area contributed by atoms with Gasteiger partial charge in [0.05, 0.1) is 10.9 Å². The average Bonchev–Trinajstić information content (AvgIpc) is 3.75. The highest BCUT2D eigenvalue weighted by Crippen LogP contribution is 2.32. The number of ether oxygens (including phenoxy) is 1. The van der Waals surface area contributed by atoms with Crippen molar-refractivity contribution in [2.24, 2.45) is 5.92 Å². The lowest BCUT2D eigenvalue weighted by molar-refractivity contribution is -0.127. The van der Waals surface area contributed by atoms with Crippen LogP contribution in [0.25, 0.3) is 10.1 Å². The highest BCUT2D eigenvalue weighted by molar-refractivity contribution is 7.20. The Morgan fingerprint density at radius 1 is 0.913 bits per heavy atom. The van der Waals surface area contributed by atoms with Crippen LogP contribution in [-0.2, 0) is 14.3 Å². The minimum Gasteiger partial charge on any atom is -0.381 e. The maximum Gasteiger partial charge on any atom is 0.262 e. The Balaban J connectivity index is 0.982. The molecule has 46 heavy (non-hydrogen) atoms. The van der Waals surface area contributed by atoms with Gasteiger partial charge in [-0.05, 0) is 54.7 Å². The molecule has 0 spiro atoms. The van der Waals surface area contributed by atoms with Crippen molar-refractivity contribution in [2.75, 3.05) is 59.0 Å². The first-order valence-corrected chi connectivity index (χ1v) is 17.8. The summed E-state index contributed by atoms with van der Waals surface area (Å²) in [5.41, 5.74) is 0.265. The van der Waals surface area contributed by atoms with Gasteiger partial charge >= 0.3 is 0 Å². The highest BCUT2D eigenvalue weighted by atomic mass is 32.1. The number of fused-ring (bicyclic) bond motifs is 1. The molecular weight excluding hydrogens is 598 g/mol. The monoisotopic (exact) mass is 645 g/mol. The molecule has 1 aliphatic carbocycles. The van der Waals surface area contributed by atoms with E-state index in [0.717, 1.165) is 87.6 Å². The van der Waals surface area contributed by atoms with E-state index in [2.05, 4.69) is 50.0 Å². The normalized spacial score (nSPS) is 19.9. The van der Waals surface area contributed by atoms with E-state index in [4.69, 9.17) is 4.74 Å². The van der Waals surface area contributed by atoms with Crippen LogP contribution in [-0.4, -0.2) is 92.1 Å². The van der Waals surface area contributed by atoms with Crippen LogP contribution in [0, 0.1) is 5.92 Å². The summed E-state index contributed by atoms with van der Waals surface area (Å²) in [6.45, 7) is 7.64. The van der Waals surface area contributed by atoms with E-state index in [0.29, 0.717) is 24.3 Å². The predicted octanol–water partition coefficient (Wildman–Crippen LogP) is 4.35. The Hall–Kier alpha value is -3.31. The molecular formula is C36H47N5O4S. The molecule has 3 amide bonds. The highest BCUT2D eigenvalue weighted by Gasteiger charge is 2.42. The first-order valence-electron chi connectivity index (χ1n) is 16.9. The minimum absolute atomic E-state index is 0.0887. The first kappa shape index (κ1) is 32.6. The summed E-state index contributed by atoms with van der Waals surface area (Å²) in [4.78, 5) is 45.3. The van der Waals surface area contributed by atoms with Crippen LogP contribution in [0.3, 0.4) is 0 Å². The van der Waals surface area contributed by atoms with E-state index in [1.807, 2.05) is 36.4 Å². The largest absolute Gasteiger partial charge is 0.381 e. The van der Waals surface area contributed by atoms with Gasteiger partial charge in [0.2, 0.25) is 11.8 Å². The molecule has 3 aromatic rings. The van der Waals surface area contributed by atoms with Gasteiger partial charge in [-0.25, -0.2) is 0 Å². The minimum atomic E-state index is -0.935. The van der Waals surface area contributed by atoms with Crippen LogP contribution in [0.1, 0.15) is 66.2 Å². The Morgan fingerprint density at radius 2 is 1.63 bits per heavy atom. The first-order chi connectivity index (χ1) is 22.5. The van der Waals surface area contributed by atoms with Crippen LogP contribution < -0.4 is 16.0 Å². The van der Waals surface area contributed by atoms with Gasteiger partial charge in [-0.3, -0.25) is 19.3 Å². The van der Waals surface area contributed by atoms with E-state index in [-0.39, 0.29) is 36.7 Å². The fourth-order valence-corrected chi connectivity index (χ4v) is 8.16. The number of nitrogens with zero attached hydrogens (tertiary/aromatic N) is 2. The maximum absolute atomic E-state index is 13.4. The molecule has 1 aromatic heterocycles. The van der Waals surface area contributed by atoms with Crippen LogP contribution >= 0.6 is 11.3 Å². The third-order valence-corrected chi connectivity index (χ3v) is 11.0. The molecule has 2 saturated heterocycles. The fraction of sp³-hybridized carbons (Fsp3) is 0.528. The molecule has 1 atom stereocenters. The molecule has 1 saturated carbocycles. The summed E-state index contributed by atoms with van der Waals surface area (Å²) in [5, 5.41) is 10.2. The van der Waals surface area contributed by atoms with Crippen molar-refractivity contribution in [2.45, 2.75) is 56.5 Å². The molecule has 3 heterocycles. The van der Waals surface area contributed by atoms with Gasteiger partial charge < -0.3 is 25.6 Å². The lowest BCUT2D eigenvalue weighted by Gasteiger charge is -2.41. The number of thiophene rings is 1. The van der Waals surface area contributed by atoms with Crippen molar-refractivity contribution in [3.8, 4) is 0 Å². The standard InChI is InChI=1S/C36H47N5O4S/c42-33(12-17-37-35(44)36(15-6-7-16-36)39-34(43)32-24-29-10-4-5-11-31(29)46-32)38-25-30(28-8-2-1-3-9-28)41-20-18-40(19-21-41)26-27-13-22-45-23-14-27/h1-5,8-11,24,27,30H,6-7,12-23,25-26H2,(H,37,44)(H,38,42)(H,39,43). The molecule has 3 aliphatic rings. The maximum atomic E-state index is 13.4. The van der Waals surface area contributed by atoms with Gasteiger partial charge in [-0.2, -0.15) is 0 Å². The third-order valence-electron chi connectivity index (χ3n) is 9.91. The van der Waals surface area contributed by atoms with E-state index < -0.39 is 5.54 Å². The van der Waals surface area contributed by atoms with Gasteiger partial charge in [-0.15, -0.1) is 11.3 Å². The molecule has 9 nitrogen and oxygen atoms in total. The molecule has 3 fully saturated rings. The lowest BCUT2D eigenvalue weighted by Crippen LogP contribution is -2.57. The van der Waals surface area contributed by atoms with Crippen molar-refractivity contribution < 1.29 is 19.1 Å². The predicted molar refractivity (Wildman–Crippen MR) is 182 cm³/mol. The topological polar surface area (TPSA) is 103 Å². The molecule has 0 radical (unpaired) electrons. The number of hydrogen-bond donors (Lipinski definition) is 3.